The number of amides is 1. The summed E-state index contributed by atoms with van der Waals surface area (Å²) in [4.78, 5) is 27.5. The van der Waals surface area contributed by atoms with Gasteiger partial charge < -0.3 is 5.32 Å². The summed E-state index contributed by atoms with van der Waals surface area (Å²) in [6.07, 6.45) is 4.89. The molecule has 4 nitrogen and oxygen atoms in total. The van der Waals surface area contributed by atoms with Gasteiger partial charge in [-0.2, -0.15) is 0 Å². The molecule has 5 heteroatoms. The molecule has 1 atom stereocenters. The number of thiophene rings is 1. The van der Waals surface area contributed by atoms with Crippen LogP contribution < -0.4 is 5.32 Å². The van der Waals surface area contributed by atoms with E-state index >= 15 is 0 Å². The minimum Gasteiger partial charge on any atom is -0.355 e. The Morgan fingerprint density at radius 2 is 1.81 bits per heavy atom. The van der Waals surface area contributed by atoms with Gasteiger partial charge in [-0.15, -0.1) is 11.3 Å². The van der Waals surface area contributed by atoms with Gasteiger partial charge in [-0.25, -0.2) is 0 Å². The first-order valence-corrected chi connectivity index (χ1v) is 10.7. The summed E-state index contributed by atoms with van der Waals surface area (Å²) in [6.45, 7) is 2.90. The van der Waals surface area contributed by atoms with Crippen LogP contribution in [0.1, 0.15) is 47.3 Å². The zero-order valence-corrected chi connectivity index (χ0v) is 16.5. The van der Waals surface area contributed by atoms with Crippen LogP contribution in [0.25, 0.3) is 0 Å². The smallest absolute Gasteiger partial charge is 0.220 e. The molecule has 1 aromatic carbocycles. The highest BCUT2D eigenvalue weighted by Gasteiger charge is 2.22. The predicted molar refractivity (Wildman–Crippen MR) is 110 cm³/mol. The van der Waals surface area contributed by atoms with E-state index < -0.39 is 0 Å². The summed E-state index contributed by atoms with van der Waals surface area (Å²) in [5.74, 6) is 0.183. The molecule has 27 heavy (non-hydrogen) atoms. The van der Waals surface area contributed by atoms with E-state index in [1.807, 2.05) is 23.6 Å². The Morgan fingerprint density at radius 1 is 1.04 bits per heavy atom. The maximum absolute atomic E-state index is 12.2. The zero-order chi connectivity index (χ0) is 18.9. The van der Waals surface area contributed by atoms with E-state index in [9.17, 15) is 9.59 Å². The molecule has 3 rings (SSSR count). The topological polar surface area (TPSA) is 49.4 Å². The molecule has 1 fully saturated rings. The summed E-state index contributed by atoms with van der Waals surface area (Å²) in [7, 11) is 0. The molecule has 0 radical (unpaired) electrons. The second kappa shape index (κ2) is 10.4. The Balaban J connectivity index is 1.43. The standard InChI is InChI=1S/C22H28N2O2S/c25-20(21-11-7-15-27-21)10-6-12-22(26)23-17-19(24-13-4-5-14-24)16-18-8-2-1-3-9-18/h1-3,7-9,11,15,19H,4-6,10,12-14,16-17H2,(H,23,26). The lowest BCUT2D eigenvalue weighted by atomic mass is 10.0. The Morgan fingerprint density at radius 3 is 2.52 bits per heavy atom. The maximum Gasteiger partial charge on any atom is 0.220 e. The number of nitrogens with zero attached hydrogens (tertiary/aromatic N) is 1. The van der Waals surface area contributed by atoms with Crippen molar-refractivity contribution >= 4 is 23.0 Å². The highest BCUT2D eigenvalue weighted by molar-refractivity contribution is 7.12. The number of carbonyl (C=O) groups excluding carboxylic acids is 2. The van der Waals surface area contributed by atoms with E-state index in [-0.39, 0.29) is 11.7 Å². The predicted octanol–water partition coefficient (Wildman–Crippen LogP) is 3.92. The lowest BCUT2D eigenvalue weighted by Crippen LogP contribution is -2.44. The fraction of sp³-hybridized carbons (Fsp3) is 0.455. The molecule has 0 bridgehead atoms. The van der Waals surface area contributed by atoms with Crippen LogP contribution in [0.4, 0.5) is 0 Å². The molecule has 0 saturated carbocycles. The number of hydrogen-bond donors (Lipinski definition) is 1. The molecular formula is C22H28N2O2S. The SMILES string of the molecule is O=C(CCCC(=O)c1cccs1)NCC(Cc1ccccc1)N1CCCC1. The van der Waals surface area contributed by atoms with Crippen molar-refractivity contribution in [2.24, 2.45) is 0 Å². The van der Waals surface area contributed by atoms with Gasteiger partial charge in [-0.1, -0.05) is 36.4 Å². The van der Waals surface area contributed by atoms with Crippen molar-refractivity contribution in [3.8, 4) is 0 Å². The molecule has 1 unspecified atom stereocenters. The maximum atomic E-state index is 12.2. The first-order valence-electron chi connectivity index (χ1n) is 9.84. The van der Waals surface area contributed by atoms with Crippen LogP contribution in [-0.2, 0) is 11.2 Å². The molecule has 0 aliphatic carbocycles. The number of likely N-dealkylation sites (tertiary alicyclic amines) is 1. The van der Waals surface area contributed by atoms with Crippen molar-refractivity contribution in [1.82, 2.24) is 10.2 Å². The second-order valence-corrected chi connectivity index (χ2v) is 8.09. The average molecular weight is 385 g/mol. The lowest BCUT2D eigenvalue weighted by molar-refractivity contribution is -0.121. The summed E-state index contributed by atoms with van der Waals surface area (Å²) >= 11 is 1.46. The minimum absolute atomic E-state index is 0.0474. The second-order valence-electron chi connectivity index (χ2n) is 7.14. The third-order valence-electron chi connectivity index (χ3n) is 5.11. The van der Waals surface area contributed by atoms with E-state index in [1.165, 1.54) is 29.7 Å². The van der Waals surface area contributed by atoms with Crippen molar-refractivity contribution < 1.29 is 9.59 Å². The van der Waals surface area contributed by atoms with Crippen molar-refractivity contribution in [3.05, 3.63) is 58.3 Å². The molecule has 1 amide bonds. The van der Waals surface area contributed by atoms with Crippen LogP contribution in [0.5, 0.6) is 0 Å². The molecule has 1 saturated heterocycles. The van der Waals surface area contributed by atoms with Gasteiger partial charge >= 0.3 is 0 Å². The van der Waals surface area contributed by atoms with Gasteiger partial charge in [0.1, 0.15) is 0 Å². The highest BCUT2D eigenvalue weighted by Crippen LogP contribution is 2.16. The molecule has 0 spiro atoms. The van der Waals surface area contributed by atoms with Gasteiger partial charge in [-0.05, 0) is 55.8 Å². The third kappa shape index (κ3) is 6.29. The monoisotopic (exact) mass is 384 g/mol. The van der Waals surface area contributed by atoms with Crippen LogP contribution in [0.3, 0.4) is 0 Å². The van der Waals surface area contributed by atoms with Crippen molar-refractivity contribution in [2.45, 2.75) is 44.6 Å². The molecule has 2 aromatic rings. The molecule has 1 aromatic heterocycles. The molecule has 1 aliphatic heterocycles. The fourth-order valence-corrected chi connectivity index (χ4v) is 4.31. The average Bonchev–Trinajstić information content (AvgIpc) is 3.40. The normalized spacial score (nSPS) is 15.6. The van der Waals surface area contributed by atoms with Crippen LogP contribution >= 0.6 is 11.3 Å². The van der Waals surface area contributed by atoms with E-state index in [0.29, 0.717) is 31.8 Å². The summed E-state index contributed by atoms with van der Waals surface area (Å²) in [6, 6.07) is 14.5. The molecule has 1 aliphatic rings. The first kappa shape index (κ1) is 19.8. The number of nitrogens with one attached hydrogen (secondary N) is 1. The first-order chi connectivity index (χ1) is 13.2. The van der Waals surface area contributed by atoms with Crippen LogP contribution in [-0.4, -0.2) is 42.3 Å². The van der Waals surface area contributed by atoms with E-state index in [2.05, 4.69) is 34.5 Å². The number of rotatable bonds is 10. The molecule has 1 N–H and O–H groups in total. The Labute approximate surface area is 165 Å². The van der Waals surface area contributed by atoms with Gasteiger partial charge in [0, 0.05) is 25.4 Å². The zero-order valence-electron chi connectivity index (χ0n) is 15.7. The Kier molecular flexibility index (Phi) is 7.60. The largest absolute Gasteiger partial charge is 0.355 e. The molecular weight excluding hydrogens is 356 g/mol. The highest BCUT2D eigenvalue weighted by atomic mass is 32.1. The summed E-state index contributed by atoms with van der Waals surface area (Å²) in [5.41, 5.74) is 1.31. The number of ketones is 1. The van der Waals surface area contributed by atoms with Gasteiger partial charge in [0.05, 0.1) is 4.88 Å². The van der Waals surface area contributed by atoms with E-state index in [4.69, 9.17) is 0 Å². The van der Waals surface area contributed by atoms with Crippen molar-refractivity contribution in [2.75, 3.05) is 19.6 Å². The Hall–Kier alpha value is -1.98. The van der Waals surface area contributed by atoms with Gasteiger partial charge in [0.2, 0.25) is 5.91 Å². The van der Waals surface area contributed by atoms with Crippen LogP contribution in [0, 0.1) is 0 Å². The quantitative estimate of drug-likeness (QED) is 0.632. The van der Waals surface area contributed by atoms with Gasteiger partial charge in [0.15, 0.2) is 5.78 Å². The van der Waals surface area contributed by atoms with E-state index in [0.717, 1.165) is 24.4 Å². The molecule has 144 valence electrons. The fourth-order valence-electron chi connectivity index (χ4n) is 3.61. The third-order valence-corrected chi connectivity index (χ3v) is 6.02. The summed E-state index contributed by atoms with van der Waals surface area (Å²) < 4.78 is 0. The summed E-state index contributed by atoms with van der Waals surface area (Å²) in [5, 5.41) is 5.01. The van der Waals surface area contributed by atoms with Crippen molar-refractivity contribution in [3.63, 3.8) is 0 Å². The lowest BCUT2D eigenvalue weighted by Gasteiger charge is -2.28. The molecule has 2 heterocycles. The number of Topliss-reactive ketones (excluding diaryl/α,β-unsaturated/α-hetero) is 1. The Bertz CT molecular complexity index is 709. The van der Waals surface area contributed by atoms with Gasteiger partial charge in [-0.3, -0.25) is 14.5 Å². The van der Waals surface area contributed by atoms with Crippen LogP contribution in [0.15, 0.2) is 47.8 Å². The minimum atomic E-state index is 0.0474. The van der Waals surface area contributed by atoms with Gasteiger partial charge in [0.25, 0.3) is 0 Å². The van der Waals surface area contributed by atoms with Crippen LogP contribution in [0.2, 0.25) is 0 Å². The number of carbonyl (C=O) groups is 2. The van der Waals surface area contributed by atoms with E-state index in [1.54, 1.807) is 0 Å². The number of benzene rings is 1. The van der Waals surface area contributed by atoms with Crippen molar-refractivity contribution in [1.29, 1.82) is 0 Å². The number of hydrogen-bond acceptors (Lipinski definition) is 4.